The van der Waals surface area contributed by atoms with E-state index in [2.05, 4.69) is 17.1 Å². The van der Waals surface area contributed by atoms with Crippen LogP contribution in [0.25, 0.3) is 0 Å². The Morgan fingerprint density at radius 3 is 2.54 bits per heavy atom. The maximum absolute atomic E-state index is 12.6. The highest BCUT2D eigenvalue weighted by molar-refractivity contribution is 6.34. The summed E-state index contributed by atoms with van der Waals surface area (Å²) in [5.74, 6) is -0.130. The zero-order valence-corrected chi connectivity index (χ0v) is 14.5. The van der Waals surface area contributed by atoms with Crippen LogP contribution in [0.15, 0.2) is 42.5 Å². The van der Waals surface area contributed by atoms with Crippen molar-refractivity contribution in [3.8, 4) is 0 Å². The molecule has 5 heteroatoms. The van der Waals surface area contributed by atoms with Crippen molar-refractivity contribution in [1.29, 1.82) is 0 Å². The molecule has 1 N–H and O–H groups in total. The highest BCUT2D eigenvalue weighted by atomic mass is 35.5. The third kappa shape index (κ3) is 3.71. The molecule has 1 aliphatic heterocycles. The summed E-state index contributed by atoms with van der Waals surface area (Å²) in [5.41, 5.74) is 3.44. The maximum Gasteiger partial charge on any atom is 0.255 e. The van der Waals surface area contributed by atoms with E-state index in [4.69, 9.17) is 16.3 Å². The summed E-state index contributed by atoms with van der Waals surface area (Å²) in [4.78, 5) is 14.7. The van der Waals surface area contributed by atoms with Gasteiger partial charge in [0.05, 0.1) is 29.6 Å². The van der Waals surface area contributed by atoms with E-state index >= 15 is 0 Å². The van der Waals surface area contributed by atoms with Crippen molar-refractivity contribution in [3.05, 3.63) is 58.6 Å². The predicted octanol–water partition coefficient (Wildman–Crippen LogP) is 3.99. The van der Waals surface area contributed by atoms with Crippen LogP contribution >= 0.6 is 11.6 Å². The van der Waals surface area contributed by atoms with E-state index in [0.717, 1.165) is 30.9 Å². The minimum absolute atomic E-state index is 0.130. The number of nitrogens with one attached hydrogen (secondary N) is 1. The van der Waals surface area contributed by atoms with Gasteiger partial charge in [0, 0.05) is 18.7 Å². The molecular weight excluding hydrogens is 324 g/mol. The Bertz CT molecular complexity index is 710. The quantitative estimate of drug-likeness (QED) is 0.911. The highest BCUT2D eigenvalue weighted by Crippen LogP contribution is 2.34. The van der Waals surface area contributed by atoms with Crippen molar-refractivity contribution in [2.24, 2.45) is 0 Å². The molecule has 0 aromatic heterocycles. The molecule has 1 amide bonds. The number of amides is 1. The molecule has 0 bridgehead atoms. The molecule has 0 atom stereocenters. The van der Waals surface area contributed by atoms with Crippen LogP contribution in [0.4, 0.5) is 11.4 Å². The van der Waals surface area contributed by atoms with E-state index in [1.54, 1.807) is 0 Å². The van der Waals surface area contributed by atoms with E-state index in [9.17, 15) is 4.79 Å². The molecule has 2 aromatic carbocycles. The molecule has 0 unspecified atom stereocenters. The number of morpholine rings is 1. The number of hydrogen-bond acceptors (Lipinski definition) is 3. The van der Waals surface area contributed by atoms with Crippen molar-refractivity contribution in [2.45, 2.75) is 13.3 Å². The third-order valence-electron chi connectivity index (χ3n) is 4.19. The second-order valence-electron chi connectivity index (χ2n) is 5.74. The number of carbonyl (C=O) groups is 1. The number of anilines is 2. The smallest absolute Gasteiger partial charge is 0.255 e. The molecule has 1 saturated heterocycles. The zero-order chi connectivity index (χ0) is 16.9. The highest BCUT2D eigenvalue weighted by Gasteiger charge is 2.19. The zero-order valence-electron chi connectivity index (χ0n) is 13.7. The molecule has 126 valence electrons. The molecule has 0 spiro atoms. The molecule has 0 saturated carbocycles. The van der Waals surface area contributed by atoms with Crippen molar-refractivity contribution in [1.82, 2.24) is 0 Å². The summed E-state index contributed by atoms with van der Waals surface area (Å²) in [7, 11) is 0. The molecule has 2 aromatic rings. The predicted molar refractivity (Wildman–Crippen MR) is 98.3 cm³/mol. The summed E-state index contributed by atoms with van der Waals surface area (Å²) >= 11 is 6.40. The fraction of sp³-hybridized carbons (Fsp3) is 0.316. The van der Waals surface area contributed by atoms with Gasteiger partial charge in [-0.15, -0.1) is 0 Å². The second kappa shape index (κ2) is 7.69. The van der Waals surface area contributed by atoms with E-state index in [-0.39, 0.29) is 5.91 Å². The van der Waals surface area contributed by atoms with Crippen molar-refractivity contribution >= 4 is 28.9 Å². The molecule has 1 aliphatic rings. The van der Waals surface area contributed by atoms with E-state index in [0.29, 0.717) is 23.8 Å². The fourth-order valence-electron chi connectivity index (χ4n) is 2.81. The SMILES string of the molecule is CCc1ccc(C(=O)Nc2cccc(Cl)c2N2CCOCC2)cc1. The summed E-state index contributed by atoms with van der Waals surface area (Å²) in [5, 5.41) is 3.63. The molecule has 0 radical (unpaired) electrons. The van der Waals surface area contributed by atoms with Crippen LogP contribution in [-0.4, -0.2) is 32.2 Å². The average molecular weight is 345 g/mol. The second-order valence-corrected chi connectivity index (χ2v) is 6.15. The average Bonchev–Trinajstić information content (AvgIpc) is 2.62. The maximum atomic E-state index is 12.6. The van der Waals surface area contributed by atoms with Gasteiger partial charge in [-0.1, -0.05) is 36.7 Å². The van der Waals surface area contributed by atoms with Crippen molar-refractivity contribution in [3.63, 3.8) is 0 Å². The Hall–Kier alpha value is -2.04. The van der Waals surface area contributed by atoms with Crippen LogP contribution in [0.2, 0.25) is 5.02 Å². The lowest BCUT2D eigenvalue weighted by atomic mass is 10.1. The molecule has 4 nitrogen and oxygen atoms in total. The molecule has 24 heavy (non-hydrogen) atoms. The van der Waals surface area contributed by atoms with Gasteiger partial charge in [0.1, 0.15) is 0 Å². The molecule has 3 rings (SSSR count). The largest absolute Gasteiger partial charge is 0.378 e. The number of carbonyl (C=O) groups excluding carboxylic acids is 1. The number of para-hydroxylation sites is 1. The topological polar surface area (TPSA) is 41.6 Å². The normalized spacial score (nSPS) is 14.5. The van der Waals surface area contributed by atoms with E-state index < -0.39 is 0 Å². The van der Waals surface area contributed by atoms with Gasteiger partial charge >= 0.3 is 0 Å². The number of halogens is 1. The first-order valence-corrected chi connectivity index (χ1v) is 8.58. The van der Waals surface area contributed by atoms with Gasteiger partial charge < -0.3 is 15.0 Å². The van der Waals surface area contributed by atoms with Crippen LogP contribution in [0, 0.1) is 0 Å². The van der Waals surface area contributed by atoms with Gasteiger partial charge in [-0.05, 0) is 36.2 Å². The van der Waals surface area contributed by atoms with Gasteiger partial charge in [-0.25, -0.2) is 0 Å². The van der Waals surface area contributed by atoms with Gasteiger partial charge in [-0.2, -0.15) is 0 Å². The standard InChI is InChI=1S/C19H21ClN2O2/c1-2-14-6-8-15(9-7-14)19(23)21-17-5-3-4-16(20)18(17)22-10-12-24-13-11-22/h3-9H,2,10-13H2,1H3,(H,21,23). The van der Waals surface area contributed by atoms with Crippen LogP contribution < -0.4 is 10.2 Å². The number of benzene rings is 2. The van der Waals surface area contributed by atoms with Crippen LogP contribution in [0.1, 0.15) is 22.8 Å². The van der Waals surface area contributed by atoms with Crippen LogP contribution in [0.5, 0.6) is 0 Å². The molecule has 1 heterocycles. The van der Waals surface area contributed by atoms with Crippen molar-refractivity contribution in [2.75, 3.05) is 36.5 Å². The summed E-state index contributed by atoms with van der Waals surface area (Å²) in [6.45, 7) is 4.94. The first-order valence-electron chi connectivity index (χ1n) is 8.20. The lowest BCUT2D eigenvalue weighted by molar-refractivity contribution is 0.102. The molecule has 1 fully saturated rings. The number of rotatable bonds is 4. The van der Waals surface area contributed by atoms with E-state index in [1.165, 1.54) is 5.56 Å². The Morgan fingerprint density at radius 1 is 1.17 bits per heavy atom. The number of ether oxygens (including phenoxy) is 1. The number of hydrogen-bond donors (Lipinski definition) is 1. The Labute approximate surface area is 147 Å². The van der Waals surface area contributed by atoms with Crippen LogP contribution in [0.3, 0.4) is 0 Å². The van der Waals surface area contributed by atoms with Gasteiger partial charge in [0.15, 0.2) is 0 Å². The van der Waals surface area contributed by atoms with Gasteiger partial charge in [0.25, 0.3) is 5.91 Å². The van der Waals surface area contributed by atoms with Gasteiger partial charge in [0.2, 0.25) is 0 Å². The van der Waals surface area contributed by atoms with Crippen LogP contribution in [-0.2, 0) is 11.2 Å². The van der Waals surface area contributed by atoms with E-state index in [1.807, 2.05) is 42.5 Å². The first kappa shape index (κ1) is 16.8. The third-order valence-corrected chi connectivity index (χ3v) is 4.49. The minimum Gasteiger partial charge on any atom is -0.378 e. The summed E-state index contributed by atoms with van der Waals surface area (Å²) in [6.07, 6.45) is 0.956. The lowest BCUT2D eigenvalue weighted by Gasteiger charge is -2.31. The van der Waals surface area contributed by atoms with Gasteiger partial charge in [-0.3, -0.25) is 4.79 Å². The number of nitrogens with zero attached hydrogens (tertiary/aromatic N) is 1. The minimum atomic E-state index is -0.130. The summed E-state index contributed by atoms with van der Waals surface area (Å²) < 4.78 is 5.40. The Balaban J connectivity index is 1.83. The first-order chi connectivity index (χ1) is 11.7. The lowest BCUT2D eigenvalue weighted by Crippen LogP contribution is -2.37. The molecule has 0 aliphatic carbocycles. The fourth-order valence-corrected chi connectivity index (χ4v) is 3.10. The van der Waals surface area contributed by atoms with Crippen molar-refractivity contribution < 1.29 is 9.53 Å². The molecular formula is C19H21ClN2O2. The Morgan fingerprint density at radius 2 is 1.88 bits per heavy atom. The Kier molecular flexibility index (Phi) is 5.38. The summed E-state index contributed by atoms with van der Waals surface area (Å²) in [6, 6.07) is 13.3. The number of aryl methyl sites for hydroxylation is 1. The monoisotopic (exact) mass is 344 g/mol.